The maximum absolute atomic E-state index is 4.03. The number of hydrogen-bond donors (Lipinski definition) is 2. The first-order valence-corrected chi connectivity index (χ1v) is 11.6. The summed E-state index contributed by atoms with van der Waals surface area (Å²) in [5.41, 5.74) is 5.36. The molecule has 0 saturated carbocycles. The number of aryl methyl sites for hydroxylation is 1. The molecule has 1 aliphatic heterocycles. The Morgan fingerprint density at radius 2 is 1.96 bits per heavy atom. The Labute approximate surface area is 177 Å². The second-order valence-corrected chi connectivity index (χ2v) is 9.39. The number of para-hydroxylation sites is 1. The smallest absolute Gasteiger partial charge is 0.0921 e. The Hall–Kier alpha value is -1.91. The zero-order valence-electron chi connectivity index (χ0n) is 16.7. The molecule has 0 bridgehead atoms. The van der Waals surface area contributed by atoms with Crippen molar-refractivity contribution < 1.29 is 0 Å². The number of thioether (sulfide) groups is 1. The Morgan fingerprint density at radius 3 is 2.71 bits per heavy atom. The second-order valence-electron chi connectivity index (χ2n) is 7.04. The van der Waals surface area contributed by atoms with Crippen LogP contribution in [0.5, 0.6) is 0 Å². The molecular formula is C24H30N2S2. The minimum absolute atomic E-state index is 0.419. The third kappa shape index (κ3) is 4.73. The molecule has 2 N–H and O–H groups in total. The highest BCUT2D eigenvalue weighted by molar-refractivity contribution is 8.00. The summed E-state index contributed by atoms with van der Waals surface area (Å²) in [6, 6.07) is 8.31. The van der Waals surface area contributed by atoms with E-state index in [-0.39, 0.29) is 0 Å². The van der Waals surface area contributed by atoms with Crippen LogP contribution < -0.4 is 10.6 Å². The van der Waals surface area contributed by atoms with E-state index in [2.05, 4.69) is 48.6 Å². The van der Waals surface area contributed by atoms with Gasteiger partial charge in [0.15, 0.2) is 0 Å². The Bertz CT molecular complexity index is 850. The third-order valence-corrected chi connectivity index (χ3v) is 7.80. The van der Waals surface area contributed by atoms with E-state index >= 15 is 0 Å². The lowest BCUT2D eigenvalue weighted by molar-refractivity contribution is 0.693. The standard InChI is InChI=1S/C12H17NS.C12H13NS/c1-3-6-10-9-7-4-5-8-11(9)14-12(10)13-2;1-3-6-11-9(2)13-10-7-4-5-8-12(10)14-11/h3,13H,1,4-8H2,2H3;3-5,7-8,11,13H,1-2,6H2. The Kier molecular flexibility index (Phi) is 7.46. The minimum Gasteiger partial charge on any atom is -0.380 e. The van der Waals surface area contributed by atoms with E-state index in [4.69, 9.17) is 0 Å². The van der Waals surface area contributed by atoms with Gasteiger partial charge in [-0.25, -0.2) is 0 Å². The van der Waals surface area contributed by atoms with Gasteiger partial charge in [-0.1, -0.05) is 30.9 Å². The van der Waals surface area contributed by atoms with Crippen molar-refractivity contribution in [2.75, 3.05) is 17.7 Å². The maximum Gasteiger partial charge on any atom is 0.0921 e. The highest BCUT2D eigenvalue weighted by atomic mass is 32.2. The number of allylic oxidation sites excluding steroid dienone is 2. The molecule has 2 aromatic rings. The first-order chi connectivity index (χ1) is 13.7. The molecule has 0 spiro atoms. The zero-order valence-corrected chi connectivity index (χ0v) is 18.4. The van der Waals surface area contributed by atoms with Crippen molar-refractivity contribution in [3.8, 4) is 0 Å². The summed E-state index contributed by atoms with van der Waals surface area (Å²) in [4.78, 5) is 2.91. The third-order valence-electron chi connectivity index (χ3n) is 5.08. The summed E-state index contributed by atoms with van der Waals surface area (Å²) in [6.07, 6.45) is 11.2. The fourth-order valence-electron chi connectivity index (χ4n) is 3.69. The van der Waals surface area contributed by atoms with Gasteiger partial charge in [0.2, 0.25) is 0 Å². The van der Waals surface area contributed by atoms with E-state index in [0.717, 1.165) is 18.5 Å². The molecule has 1 atom stereocenters. The fraction of sp³-hybridized carbons (Fsp3) is 0.333. The molecular weight excluding hydrogens is 380 g/mol. The van der Waals surface area contributed by atoms with Crippen molar-refractivity contribution in [1.82, 2.24) is 0 Å². The minimum atomic E-state index is 0.419. The van der Waals surface area contributed by atoms with Crippen LogP contribution in [0.2, 0.25) is 0 Å². The molecule has 0 amide bonds. The normalized spacial score (nSPS) is 17.3. The summed E-state index contributed by atoms with van der Waals surface area (Å²) in [5.74, 6) is 0. The van der Waals surface area contributed by atoms with Gasteiger partial charge in [0, 0.05) is 22.5 Å². The lowest BCUT2D eigenvalue weighted by Crippen LogP contribution is -2.17. The Balaban J connectivity index is 0.000000161. The van der Waals surface area contributed by atoms with E-state index in [0.29, 0.717) is 5.25 Å². The molecule has 1 aromatic heterocycles. The van der Waals surface area contributed by atoms with Crippen LogP contribution in [0, 0.1) is 0 Å². The number of rotatable bonds is 5. The quantitative estimate of drug-likeness (QED) is 0.516. The summed E-state index contributed by atoms with van der Waals surface area (Å²) >= 11 is 3.80. The van der Waals surface area contributed by atoms with Gasteiger partial charge in [-0.3, -0.25) is 0 Å². The predicted molar refractivity (Wildman–Crippen MR) is 128 cm³/mol. The first kappa shape index (κ1) is 20.8. The van der Waals surface area contributed by atoms with Crippen molar-refractivity contribution >= 4 is 33.8 Å². The van der Waals surface area contributed by atoms with Crippen molar-refractivity contribution in [2.45, 2.75) is 48.7 Å². The fourth-order valence-corrected chi connectivity index (χ4v) is 6.10. The van der Waals surface area contributed by atoms with Crippen molar-refractivity contribution in [1.29, 1.82) is 0 Å². The van der Waals surface area contributed by atoms with Crippen LogP contribution in [0.3, 0.4) is 0 Å². The number of benzene rings is 1. The van der Waals surface area contributed by atoms with Gasteiger partial charge < -0.3 is 10.6 Å². The molecule has 148 valence electrons. The predicted octanol–water partition coefficient (Wildman–Crippen LogP) is 7.06. The monoisotopic (exact) mass is 410 g/mol. The molecule has 1 aromatic carbocycles. The van der Waals surface area contributed by atoms with Crippen molar-refractivity contribution in [2.24, 2.45) is 0 Å². The molecule has 1 unspecified atom stereocenters. The molecule has 0 saturated heterocycles. The van der Waals surface area contributed by atoms with Gasteiger partial charge in [-0.05, 0) is 61.8 Å². The number of thiophene rings is 1. The van der Waals surface area contributed by atoms with Crippen LogP contribution in [-0.4, -0.2) is 12.3 Å². The van der Waals surface area contributed by atoms with Gasteiger partial charge in [-0.15, -0.1) is 36.3 Å². The van der Waals surface area contributed by atoms with Crippen LogP contribution >= 0.6 is 23.1 Å². The van der Waals surface area contributed by atoms with Crippen LogP contribution in [0.25, 0.3) is 0 Å². The van der Waals surface area contributed by atoms with Gasteiger partial charge in [0.1, 0.15) is 0 Å². The summed E-state index contributed by atoms with van der Waals surface area (Å²) in [6.45, 7) is 11.6. The lowest BCUT2D eigenvalue weighted by Gasteiger charge is -2.26. The molecule has 2 nitrogen and oxygen atoms in total. The highest BCUT2D eigenvalue weighted by Crippen LogP contribution is 2.40. The molecule has 28 heavy (non-hydrogen) atoms. The average molecular weight is 411 g/mol. The topological polar surface area (TPSA) is 24.1 Å². The molecule has 2 aliphatic rings. The van der Waals surface area contributed by atoms with Crippen LogP contribution in [0.4, 0.5) is 10.7 Å². The maximum atomic E-state index is 4.03. The average Bonchev–Trinajstić information content (AvgIpc) is 3.07. The molecule has 1 aliphatic carbocycles. The van der Waals surface area contributed by atoms with E-state index in [9.17, 15) is 0 Å². The van der Waals surface area contributed by atoms with Gasteiger partial charge >= 0.3 is 0 Å². The van der Waals surface area contributed by atoms with Crippen LogP contribution in [0.1, 0.15) is 35.3 Å². The SMILES string of the molecule is C=CCC1Sc2ccccc2NC1=C.C=CCc1c(NC)sc2c1CCCC2. The molecule has 4 heteroatoms. The molecule has 4 rings (SSSR count). The van der Waals surface area contributed by atoms with Crippen LogP contribution in [-0.2, 0) is 19.3 Å². The summed E-state index contributed by atoms with van der Waals surface area (Å²) in [7, 11) is 2.02. The number of nitrogens with one attached hydrogen (secondary N) is 2. The number of hydrogen-bond acceptors (Lipinski definition) is 4. The van der Waals surface area contributed by atoms with Gasteiger partial charge in [0.25, 0.3) is 0 Å². The molecule has 0 radical (unpaired) electrons. The first-order valence-electron chi connectivity index (χ1n) is 9.92. The van der Waals surface area contributed by atoms with E-state index in [1.165, 1.54) is 46.8 Å². The summed E-state index contributed by atoms with van der Waals surface area (Å²) in [5, 5.41) is 8.42. The van der Waals surface area contributed by atoms with Crippen molar-refractivity contribution in [3.05, 3.63) is 77.9 Å². The van der Waals surface area contributed by atoms with Gasteiger partial charge in [0.05, 0.1) is 15.9 Å². The van der Waals surface area contributed by atoms with E-state index in [1.54, 1.807) is 10.4 Å². The lowest BCUT2D eigenvalue weighted by atomic mass is 9.94. The molecule has 0 fully saturated rings. The van der Waals surface area contributed by atoms with Crippen molar-refractivity contribution in [3.63, 3.8) is 0 Å². The van der Waals surface area contributed by atoms with Crippen LogP contribution in [0.15, 0.2) is 66.7 Å². The highest BCUT2D eigenvalue weighted by Gasteiger charge is 2.20. The Morgan fingerprint density at radius 1 is 1.18 bits per heavy atom. The second kappa shape index (κ2) is 10.0. The molecule has 2 heterocycles. The summed E-state index contributed by atoms with van der Waals surface area (Å²) < 4.78 is 0. The largest absolute Gasteiger partial charge is 0.380 e. The number of fused-ring (bicyclic) bond motifs is 2. The number of anilines is 2. The van der Waals surface area contributed by atoms with E-state index < -0.39 is 0 Å². The zero-order chi connectivity index (χ0) is 19.9. The van der Waals surface area contributed by atoms with E-state index in [1.807, 2.05) is 48.4 Å². The van der Waals surface area contributed by atoms with Gasteiger partial charge in [-0.2, -0.15) is 0 Å².